The van der Waals surface area contributed by atoms with Crippen molar-refractivity contribution < 1.29 is 9.53 Å². The first-order valence-corrected chi connectivity index (χ1v) is 8.05. The summed E-state index contributed by atoms with van der Waals surface area (Å²) >= 11 is 1.62. The predicted molar refractivity (Wildman–Crippen MR) is 92.1 cm³/mol. The van der Waals surface area contributed by atoms with Gasteiger partial charge in [-0.3, -0.25) is 4.68 Å². The molecule has 0 N–H and O–H groups in total. The van der Waals surface area contributed by atoms with Crippen molar-refractivity contribution in [2.45, 2.75) is 6.54 Å². The minimum atomic E-state index is -0.377. The van der Waals surface area contributed by atoms with Gasteiger partial charge in [0.25, 0.3) is 0 Å². The third kappa shape index (κ3) is 3.76. The second kappa shape index (κ2) is 7.07. The fourth-order valence-corrected chi connectivity index (χ4v) is 2.97. The van der Waals surface area contributed by atoms with Crippen LogP contribution in [0.4, 0.5) is 0 Å². The van der Waals surface area contributed by atoms with Crippen LogP contribution < -0.4 is 0 Å². The molecule has 0 radical (unpaired) electrons. The molecule has 0 atom stereocenters. The maximum absolute atomic E-state index is 11.3. The number of ether oxygens (including phenoxy) is 1. The molecule has 0 spiro atoms. The lowest BCUT2D eigenvalue weighted by Crippen LogP contribution is -1.99. The number of esters is 1. The Morgan fingerprint density at radius 2 is 2.09 bits per heavy atom. The van der Waals surface area contributed by atoms with Crippen molar-refractivity contribution in [1.82, 2.24) is 9.78 Å². The van der Waals surface area contributed by atoms with Gasteiger partial charge in [-0.1, -0.05) is 36.4 Å². The van der Waals surface area contributed by atoms with E-state index in [1.807, 2.05) is 46.6 Å². The van der Waals surface area contributed by atoms with Crippen molar-refractivity contribution in [3.05, 3.63) is 71.2 Å². The molecule has 2 heterocycles. The first-order valence-electron chi connectivity index (χ1n) is 7.17. The first-order chi connectivity index (χ1) is 11.3. The lowest BCUT2D eigenvalue weighted by Gasteiger charge is -2.00. The highest BCUT2D eigenvalue weighted by molar-refractivity contribution is 7.13. The van der Waals surface area contributed by atoms with Gasteiger partial charge in [-0.05, 0) is 23.1 Å². The highest BCUT2D eigenvalue weighted by atomic mass is 32.1. The van der Waals surface area contributed by atoms with Gasteiger partial charge in [0.1, 0.15) is 5.69 Å². The van der Waals surface area contributed by atoms with Crippen molar-refractivity contribution in [2.75, 3.05) is 7.11 Å². The van der Waals surface area contributed by atoms with Crippen molar-refractivity contribution in [3.63, 3.8) is 0 Å². The standard InChI is InChI=1S/C18H16N2O2S/c1-22-17(21)10-9-15-13-20(12-14-6-3-2-4-7-14)19-18(15)16-8-5-11-23-16/h2-11,13H,12H2,1H3. The highest BCUT2D eigenvalue weighted by Gasteiger charge is 2.11. The summed E-state index contributed by atoms with van der Waals surface area (Å²) in [4.78, 5) is 12.4. The zero-order chi connectivity index (χ0) is 16.1. The average molecular weight is 324 g/mol. The number of aromatic nitrogens is 2. The van der Waals surface area contributed by atoms with E-state index in [4.69, 9.17) is 0 Å². The number of hydrogen-bond acceptors (Lipinski definition) is 4. The van der Waals surface area contributed by atoms with Crippen LogP contribution in [-0.4, -0.2) is 22.9 Å². The summed E-state index contributed by atoms with van der Waals surface area (Å²) in [6.45, 7) is 0.686. The Labute approximate surface area is 138 Å². The molecule has 0 aliphatic rings. The molecule has 5 heteroatoms. The second-order valence-electron chi connectivity index (χ2n) is 4.95. The Hall–Kier alpha value is -2.66. The average Bonchev–Trinajstić information content (AvgIpc) is 3.23. The minimum Gasteiger partial charge on any atom is -0.466 e. The number of thiophene rings is 1. The number of carbonyl (C=O) groups excluding carboxylic acids is 1. The highest BCUT2D eigenvalue weighted by Crippen LogP contribution is 2.27. The van der Waals surface area contributed by atoms with Gasteiger partial charge in [0.2, 0.25) is 0 Å². The van der Waals surface area contributed by atoms with Crippen LogP contribution in [0.2, 0.25) is 0 Å². The molecular weight excluding hydrogens is 308 g/mol. The summed E-state index contributed by atoms with van der Waals surface area (Å²) in [7, 11) is 1.37. The summed E-state index contributed by atoms with van der Waals surface area (Å²) in [5.74, 6) is -0.377. The summed E-state index contributed by atoms with van der Waals surface area (Å²) in [5, 5.41) is 6.69. The molecule has 116 valence electrons. The molecule has 1 aromatic carbocycles. The summed E-state index contributed by atoms with van der Waals surface area (Å²) < 4.78 is 6.54. The van der Waals surface area contributed by atoms with Crippen LogP contribution >= 0.6 is 11.3 Å². The smallest absolute Gasteiger partial charge is 0.330 e. The van der Waals surface area contributed by atoms with Crippen LogP contribution in [0.5, 0.6) is 0 Å². The third-order valence-corrected chi connectivity index (χ3v) is 4.21. The van der Waals surface area contributed by atoms with Crippen LogP contribution in [-0.2, 0) is 16.1 Å². The van der Waals surface area contributed by atoms with Crippen molar-refractivity contribution in [2.24, 2.45) is 0 Å². The molecule has 4 nitrogen and oxygen atoms in total. The number of benzene rings is 1. The zero-order valence-electron chi connectivity index (χ0n) is 12.7. The van der Waals surface area contributed by atoms with Gasteiger partial charge in [-0.15, -0.1) is 11.3 Å². The number of methoxy groups -OCH3 is 1. The normalized spacial score (nSPS) is 11.0. The minimum absolute atomic E-state index is 0.377. The molecule has 0 aliphatic heterocycles. The van der Waals surface area contributed by atoms with Crippen molar-refractivity contribution >= 4 is 23.4 Å². The first kappa shape index (κ1) is 15.2. The van der Waals surface area contributed by atoms with Gasteiger partial charge in [-0.25, -0.2) is 4.79 Å². The van der Waals surface area contributed by atoms with Crippen LogP contribution in [0.15, 0.2) is 60.1 Å². The Morgan fingerprint density at radius 1 is 1.26 bits per heavy atom. The van der Waals surface area contributed by atoms with E-state index in [9.17, 15) is 4.79 Å². The van der Waals surface area contributed by atoms with Crippen LogP contribution in [0.3, 0.4) is 0 Å². The number of nitrogens with zero attached hydrogens (tertiary/aromatic N) is 2. The van der Waals surface area contributed by atoms with Crippen LogP contribution in [0.1, 0.15) is 11.1 Å². The Bertz CT molecular complexity index is 805. The van der Waals surface area contributed by atoms with E-state index < -0.39 is 0 Å². The molecule has 0 fully saturated rings. The molecule has 23 heavy (non-hydrogen) atoms. The molecule has 3 aromatic rings. The van der Waals surface area contributed by atoms with Crippen molar-refractivity contribution in [3.8, 4) is 10.6 Å². The Kier molecular flexibility index (Phi) is 4.68. The Balaban J connectivity index is 1.93. The molecule has 0 bridgehead atoms. The summed E-state index contributed by atoms with van der Waals surface area (Å²) in [6.07, 6.45) is 5.11. The van der Waals surface area contributed by atoms with Gasteiger partial charge in [0.15, 0.2) is 0 Å². The van der Waals surface area contributed by atoms with E-state index >= 15 is 0 Å². The molecule has 0 saturated carbocycles. The quantitative estimate of drug-likeness (QED) is 0.529. The van der Waals surface area contributed by atoms with E-state index in [2.05, 4.69) is 22.0 Å². The number of hydrogen-bond donors (Lipinski definition) is 0. The number of rotatable bonds is 5. The zero-order valence-corrected chi connectivity index (χ0v) is 13.5. The number of carbonyl (C=O) groups is 1. The fraction of sp³-hybridized carbons (Fsp3) is 0.111. The van der Waals surface area contributed by atoms with Crippen LogP contribution in [0, 0.1) is 0 Å². The topological polar surface area (TPSA) is 44.1 Å². The van der Waals surface area contributed by atoms with E-state index in [1.165, 1.54) is 18.7 Å². The van der Waals surface area contributed by atoms with Gasteiger partial charge in [0.05, 0.1) is 18.5 Å². The van der Waals surface area contributed by atoms with Gasteiger partial charge in [0, 0.05) is 17.8 Å². The largest absolute Gasteiger partial charge is 0.466 e. The summed E-state index contributed by atoms with van der Waals surface area (Å²) in [6, 6.07) is 14.2. The molecule has 0 aliphatic carbocycles. The van der Waals surface area contributed by atoms with Gasteiger partial charge in [-0.2, -0.15) is 5.10 Å². The molecule has 2 aromatic heterocycles. The molecule has 0 saturated heterocycles. The Morgan fingerprint density at radius 3 is 2.78 bits per heavy atom. The maximum Gasteiger partial charge on any atom is 0.330 e. The van der Waals surface area contributed by atoms with Crippen molar-refractivity contribution in [1.29, 1.82) is 0 Å². The monoisotopic (exact) mass is 324 g/mol. The van der Waals surface area contributed by atoms with E-state index in [0.717, 1.165) is 16.1 Å². The van der Waals surface area contributed by atoms with E-state index in [0.29, 0.717) is 6.54 Å². The molecule has 0 amide bonds. The SMILES string of the molecule is COC(=O)C=Cc1cn(Cc2ccccc2)nc1-c1cccs1. The molecular formula is C18H16N2O2S. The van der Waals surface area contributed by atoms with E-state index in [-0.39, 0.29) is 5.97 Å². The predicted octanol–water partition coefficient (Wildman–Crippen LogP) is 3.85. The van der Waals surface area contributed by atoms with E-state index in [1.54, 1.807) is 17.4 Å². The summed E-state index contributed by atoms with van der Waals surface area (Å²) in [5.41, 5.74) is 2.95. The van der Waals surface area contributed by atoms with Crippen LogP contribution in [0.25, 0.3) is 16.6 Å². The van der Waals surface area contributed by atoms with Gasteiger partial charge < -0.3 is 4.74 Å². The van der Waals surface area contributed by atoms with Gasteiger partial charge >= 0.3 is 5.97 Å². The molecule has 3 rings (SSSR count). The lowest BCUT2D eigenvalue weighted by molar-refractivity contribution is -0.134. The second-order valence-corrected chi connectivity index (χ2v) is 5.90. The maximum atomic E-state index is 11.3. The fourth-order valence-electron chi connectivity index (χ4n) is 2.24. The third-order valence-electron chi connectivity index (χ3n) is 3.33. The molecule has 0 unspecified atom stereocenters. The lowest BCUT2D eigenvalue weighted by atomic mass is 10.2.